The lowest BCUT2D eigenvalue weighted by atomic mass is 9.81. The standard InChI is InChI=1S/C52H35N3O/c1-52(2)44-23-13-11-21-38(44)39-26-25-34(31-45(39)52)35-27-29-42-40-22-12-14-24-46(40)56-48(42)47(35)41-28-30-43(37-20-10-9-19-36(37)41)51-54-49(32-15-5-3-6-16-32)53-50(55-51)33-17-7-4-8-18-33/h3-31H,1-2H3. The summed E-state index contributed by atoms with van der Waals surface area (Å²) in [7, 11) is 0. The highest BCUT2D eigenvalue weighted by Crippen LogP contribution is 2.51. The first-order chi connectivity index (χ1) is 27.5. The third-order valence-corrected chi connectivity index (χ3v) is 11.6. The zero-order valence-electron chi connectivity index (χ0n) is 31.0. The van der Waals surface area contributed by atoms with Gasteiger partial charge in [-0.25, -0.2) is 15.0 Å². The van der Waals surface area contributed by atoms with Crippen molar-refractivity contribution in [1.82, 2.24) is 15.0 Å². The number of rotatable bonds is 5. The van der Waals surface area contributed by atoms with Crippen LogP contribution in [0.5, 0.6) is 0 Å². The number of furan rings is 1. The quantitative estimate of drug-likeness (QED) is 0.178. The molecule has 0 amide bonds. The molecule has 2 aromatic heterocycles. The van der Waals surface area contributed by atoms with E-state index in [1.807, 2.05) is 66.7 Å². The Hall–Kier alpha value is -7.17. The number of hydrogen-bond donors (Lipinski definition) is 0. The highest BCUT2D eigenvalue weighted by atomic mass is 16.3. The molecule has 1 aliphatic rings. The van der Waals surface area contributed by atoms with Crippen LogP contribution in [-0.4, -0.2) is 15.0 Å². The summed E-state index contributed by atoms with van der Waals surface area (Å²) in [4.78, 5) is 15.2. The molecule has 0 bridgehead atoms. The molecule has 0 saturated heterocycles. The smallest absolute Gasteiger partial charge is 0.164 e. The van der Waals surface area contributed by atoms with E-state index in [1.165, 1.54) is 22.3 Å². The van der Waals surface area contributed by atoms with E-state index in [1.54, 1.807) is 0 Å². The van der Waals surface area contributed by atoms with Gasteiger partial charge in [0.25, 0.3) is 0 Å². The Balaban J connectivity index is 1.16. The van der Waals surface area contributed by atoms with Crippen molar-refractivity contribution in [1.29, 1.82) is 0 Å². The summed E-state index contributed by atoms with van der Waals surface area (Å²) in [5, 5.41) is 4.35. The number of para-hydroxylation sites is 1. The van der Waals surface area contributed by atoms with Crippen molar-refractivity contribution in [3.63, 3.8) is 0 Å². The summed E-state index contributed by atoms with van der Waals surface area (Å²) in [6, 6.07) is 61.9. The number of benzene rings is 8. The Morgan fingerprint density at radius 3 is 1.64 bits per heavy atom. The van der Waals surface area contributed by atoms with Crippen molar-refractivity contribution in [3.05, 3.63) is 187 Å². The number of fused-ring (bicyclic) bond motifs is 7. The second kappa shape index (κ2) is 12.4. The highest BCUT2D eigenvalue weighted by Gasteiger charge is 2.35. The number of hydrogen-bond acceptors (Lipinski definition) is 4. The second-order valence-corrected chi connectivity index (χ2v) is 15.1. The van der Waals surface area contributed by atoms with E-state index in [2.05, 4.69) is 123 Å². The van der Waals surface area contributed by atoms with Gasteiger partial charge >= 0.3 is 0 Å². The van der Waals surface area contributed by atoms with Crippen LogP contribution < -0.4 is 0 Å². The molecule has 0 atom stereocenters. The van der Waals surface area contributed by atoms with Gasteiger partial charge in [-0.3, -0.25) is 0 Å². The first-order valence-corrected chi connectivity index (χ1v) is 19.1. The minimum Gasteiger partial charge on any atom is -0.455 e. The van der Waals surface area contributed by atoms with Gasteiger partial charge in [-0.2, -0.15) is 0 Å². The zero-order valence-corrected chi connectivity index (χ0v) is 31.0. The van der Waals surface area contributed by atoms with Crippen LogP contribution in [-0.2, 0) is 5.41 Å². The molecule has 56 heavy (non-hydrogen) atoms. The summed E-state index contributed by atoms with van der Waals surface area (Å²) in [6.45, 7) is 4.68. The molecule has 10 aromatic rings. The second-order valence-electron chi connectivity index (χ2n) is 15.1. The van der Waals surface area contributed by atoms with E-state index in [0.29, 0.717) is 17.5 Å². The van der Waals surface area contributed by atoms with Crippen LogP contribution >= 0.6 is 0 Å². The Labute approximate surface area is 324 Å². The molecule has 2 heterocycles. The van der Waals surface area contributed by atoms with Gasteiger partial charge in [0.15, 0.2) is 17.5 Å². The van der Waals surface area contributed by atoms with Gasteiger partial charge < -0.3 is 4.42 Å². The van der Waals surface area contributed by atoms with Gasteiger partial charge in [-0.05, 0) is 74.0 Å². The minimum atomic E-state index is -0.123. The van der Waals surface area contributed by atoms with Gasteiger partial charge in [0.05, 0.1) is 0 Å². The molecule has 1 aliphatic carbocycles. The first-order valence-electron chi connectivity index (χ1n) is 19.1. The summed E-state index contributed by atoms with van der Waals surface area (Å²) >= 11 is 0. The molecule has 4 nitrogen and oxygen atoms in total. The molecule has 264 valence electrons. The highest BCUT2D eigenvalue weighted by molar-refractivity contribution is 6.17. The van der Waals surface area contributed by atoms with Crippen molar-refractivity contribution in [2.75, 3.05) is 0 Å². The first kappa shape index (κ1) is 32.3. The fraction of sp³-hybridized carbons (Fsp3) is 0.0577. The van der Waals surface area contributed by atoms with Crippen LogP contribution in [0.4, 0.5) is 0 Å². The van der Waals surface area contributed by atoms with Gasteiger partial charge in [-0.15, -0.1) is 0 Å². The predicted molar refractivity (Wildman–Crippen MR) is 229 cm³/mol. The van der Waals surface area contributed by atoms with Gasteiger partial charge in [0.2, 0.25) is 0 Å². The van der Waals surface area contributed by atoms with Crippen molar-refractivity contribution in [3.8, 4) is 67.5 Å². The Morgan fingerprint density at radius 1 is 0.375 bits per heavy atom. The average Bonchev–Trinajstić information content (AvgIpc) is 3.75. The molecule has 0 unspecified atom stereocenters. The number of nitrogens with zero attached hydrogens (tertiary/aromatic N) is 3. The van der Waals surface area contributed by atoms with E-state index >= 15 is 0 Å². The summed E-state index contributed by atoms with van der Waals surface area (Å²) < 4.78 is 6.84. The van der Waals surface area contributed by atoms with Crippen molar-refractivity contribution in [2.45, 2.75) is 19.3 Å². The fourth-order valence-electron chi connectivity index (χ4n) is 8.81. The topological polar surface area (TPSA) is 51.8 Å². The lowest BCUT2D eigenvalue weighted by Gasteiger charge is -2.22. The maximum absolute atomic E-state index is 6.84. The van der Waals surface area contributed by atoms with Crippen LogP contribution in [0.2, 0.25) is 0 Å². The van der Waals surface area contributed by atoms with Crippen molar-refractivity contribution >= 4 is 32.7 Å². The van der Waals surface area contributed by atoms with Crippen LogP contribution in [0.15, 0.2) is 180 Å². The molecule has 0 radical (unpaired) electrons. The maximum atomic E-state index is 6.84. The minimum absolute atomic E-state index is 0.123. The zero-order chi connectivity index (χ0) is 37.4. The van der Waals surface area contributed by atoms with Crippen LogP contribution in [0.3, 0.4) is 0 Å². The van der Waals surface area contributed by atoms with Gasteiger partial charge in [-0.1, -0.05) is 166 Å². The third-order valence-electron chi connectivity index (χ3n) is 11.6. The Bertz CT molecular complexity index is 3100. The monoisotopic (exact) mass is 717 g/mol. The number of aromatic nitrogens is 3. The molecule has 8 aromatic carbocycles. The lowest BCUT2D eigenvalue weighted by molar-refractivity contribution is 0.660. The van der Waals surface area contributed by atoms with Crippen LogP contribution in [0.1, 0.15) is 25.0 Å². The Kier molecular flexibility index (Phi) is 7.17. The molecule has 0 fully saturated rings. The fourth-order valence-corrected chi connectivity index (χ4v) is 8.81. The van der Waals surface area contributed by atoms with E-state index in [9.17, 15) is 0 Å². The third kappa shape index (κ3) is 4.96. The predicted octanol–water partition coefficient (Wildman–Crippen LogP) is 13.6. The molecular weight excluding hydrogens is 683 g/mol. The van der Waals surface area contributed by atoms with Gasteiger partial charge in [0, 0.05) is 38.4 Å². The molecule has 0 spiro atoms. The van der Waals surface area contributed by atoms with E-state index in [4.69, 9.17) is 19.4 Å². The van der Waals surface area contributed by atoms with E-state index in [-0.39, 0.29) is 5.41 Å². The SMILES string of the molecule is CC1(C)c2ccccc2-c2ccc(-c3ccc4c(oc5ccccc54)c3-c3ccc(-c4nc(-c5ccccc5)nc(-c5ccccc5)n4)c4ccccc34)cc21. The maximum Gasteiger partial charge on any atom is 0.164 e. The molecule has 0 aliphatic heterocycles. The Morgan fingerprint density at radius 2 is 0.911 bits per heavy atom. The lowest BCUT2D eigenvalue weighted by Crippen LogP contribution is -2.14. The molecule has 11 rings (SSSR count). The molecule has 0 N–H and O–H groups in total. The van der Waals surface area contributed by atoms with Gasteiger partial charge in [0.1, 0.15) is 11.2 Å². The summed E-state index contributed by atoms with van der Waals surface area (Å²) in [5.41, 5.74) is 14.2. The molecular formula is C52H35N3O. The summed E-state index contributed by atoms with van der Waals surface area (Å²) in [5.74, 6) is 1.90. The molecule has 4 heteroatoms. The normalized spacial score (nSPS) is 13.0. The van der Waals surface area contributed by atoms with Crippen molar-refractivity contribution < 1.29 is 4.42 Å². The van der Waals surface area contributed by atoms with Crippen LogP contribution in [0.25, 0.3) is 100 Å². The van der Waals surface area contributed by atoms with Crippen LogP contribution in [0, 0.1) is 0 Å². The van der Waals surface area contributed by atoms with Crippen molar-refractivity contribution in [2.24, 2.45) is 0 Å². The average molecular weight is 718 g/mol. The molecule has 0 saturated carbocycles. The van der Waals surface area contributed by atoms with E-state index in [0.717, 1.165) is 71.7 Å². The summed E-state index contributed by atoms with van der Waals surface area (Å²) in [6.07, 6.45) is 0. The largest absolute Gasteiger partial charge is 0.455 e. The van der Waals surface area contributed by atoms with E-state index < -0.39 is 0 Å².